The van der Waals surface area contributed by atoms with Gasteiger partial charge in [-0.25, -0.2) is 0 Å². The maximum Gasteiger partial charge on any atom is 0.183 e. The summed E-state index contributed by atoms with van der Waals surface area (Å²) < 4.78 is 5.85. The van der Waals surface area contributed by atoms with Gasteiger partial charge in [0.15, 0.2) is 5.78 Å². The number of ketones is 1. The molecule has 3 aromatic rings. The maximum absolute atomic E-state index is 13.5. The van der Waals surface area contributed by atoms with Crippen LogP contribution in [-0.2, 0) is 6.42 Å². The number of carbonyl (C=O) groups excluding carboxylic acids is 1. The molecule has 0 aliphatic heterocycles. The molecule has 3 aromatic carbocycles. The monoisotopic (exact) mass is 373 g/mol. The molecule has 3 rings (SSSR count). The predicted molar refractivity (Wildman–Crippen MR) is 114 cm³/mol. The van der Waals surface area contributed by atoms with Crippen molar-refractivity contribution in [2.24, 2.45) is 0 Å². The molecule has 28 heavy (non-hydrogen) atoms. The minimum Gasteiger partial charge on any atom is -0.457 e. The van der Waals surface area contributed by atoms with E-state index in [2.05, 4.69) is 24.0 Å². The number of para-hydroxylation sites is 1. The largest absolute Gasteiger partial charge is 0.457 e. The standard InChI is InChI=1S/C25H27NO2/c1-4-25(26(2)3,19-20-11-7-5-8-12-20)24(27)21-15-17-23(18-16-21)28-22-13-9-6-10-14-22/h5-18H,4,19H2,1-3H3. The molecule has 0 amide bonds. The zero-order valence-electron chi connectivity index (χ0n) is 16.8. The summed E-state index contributed by atoms with van der Waals surface area (Å²) in [4.78, 5) is 15.6. The molecule has 3 heteroatoms. The molecule has 0 aliphatic rings. The van der Waals surface area contributed by atoms with Crippen LogP contribution in [-0.4, -0.2) is 30.3 Å². The van der Waals surface area contributed by atoms with Crippen LogP contribution in [0.5, 0.6) is 11.5 Å². The SMILES string of the molecule is CCC(Cc1ccccc1)(C(=O)c1ccc(Oc2ccccc2)cc1)N(C)C. The van der Waals surface area contributed by atoms with Crippen molar-refractivity contribution < 1.29 is 9.53 Å². The van der Waals surface area contributed by atoms with Gasteiger partial charge in [0.05, 0.1) is 5.54 Å². The predicted octanol–water partition coefficient (Wildman–Crippen LogP) is 5.61. The van der Waals surface area contributed by atoms with E-state index >= 15 is 0 Å². The summed E-state index contributed by atoms with van der Waals surface area (Å²) in [5, 5.41) is 0. The molecular weight excluding hydrogens is 346 g/mol. The number of nitrogens with zero attached hydrogens (tertiary/aromatic N) is 1. The van der Waals surface area contributed by atoms with Crippen molar-refractivity contribution in [1.82, 2.24) is 4.90 Å². The lowest BCUT2D eigenvalue weighted by atomic mass is 9.80. The number of hydrogen-bond donors (Lipinski definition) is 0. The zero-order chi connectivity index (χ0) is 20.0. The molecule has 3 nitrogen and oxygen atoms in total. The summed E-state index contributed by atoms with van der Waals surface area (Å²) in [5.41, 5.74) is 1.28. The molecule has 0 N–H and O–H groups in total. The highest BCUT2D eigenvalue weighted by molar-refractivity contribution is 6.03. The van der Waals surface area contributed by atoms with E-state index in [0.717, 1.165) is 23.5 Å². The Balaban J connectivity index is 1.84. The fraction of sp³-hybridized carbons (Fsp3) is 0.240. The molecule has 0 aliphatic carbocycles. The molecule has 0 saturated carbocycles. The number of rotatable bonds is 8. The second-order valence-corrected chi connectivity index (χ2v) is 7.21. The number of hydrogen-bond acceptors (Lipinski definition) is 3. The lowest BCUT2D eigenvalue weighted by Gasteiger charge is -2.38. The Labute approximate surface area is 167 Å². The molecule has 0 saturated heterocycles. The third-order valence-corrected chi connectivity index (χ3v) is 5.30. The van der Waals surface area contributed by atoms with E-state index in [0.29, 0.717) is 12.0 Å². The minimum atomic E-state index is -0.580. The van der Waals surface area contributed by atoms with Crippen LogP contribution in [0.3, 0.4) is 0 Å². The fourth-order valence-corrected chi connectivity index (χ4v) is 3.54. The summed E-state index contributed by atoms with van der Waals surface area (Å²) >= 11 is 0. The number of Topliss-reactive ketones (excluding diaryl/α,β-unsaturated/α-hetero) is 1. The lowest BCUT2D eigenvalue weighted by molar-refractivity contribution is 0.0666. The van der Waals surface area contributed by atoms with Gasteiger partial charge in [0, 0.05) is 5.56 Å². The van der Waals surface area contributed by atoms with Gasteiger partial charge in [0.2, 0.25) is 0 Å². The molecule has 1 atom stereocenters. The van der Waals surface area contributed by atoms with Crippen LogP contribution in [0, 0.1) is 0 Å². The fourth-order valence-electron chi connectivity index (χ4n) is 3.54. The molecule has 0 fully saturated rings. The number of benzene rings is 3. The van der Waals surface area contributed by atoms with E-state index in [1.54, 1.807) is 0 Å². The second kappa shape index (κ2) is 8.85. The van der Waals surface area contributed by atoms with Crippen molar-refractivity contribution in [3.05, 3.63) is 96.1 Å². The zero-order valence-corrected chi connectivity index (χ0v) is 16.8. The molecule has 0 heterocycles. The first-order valence-electron chi connectivity index (χ1n) is 9.64. The van der Waals surface area contributed by atoms with Crippen LogP contribution in [0.1, 0.15) is 29.3 Å². The summed E-state index contributed by atoms with van der Waals surface area (Å²) in [5.74, 6) is 1.63. The van der Waals surface area contributed by atoms with Crippen molar-refractivity contribution >= 4 is 5.78 Å². The van der Waals surface area contributed by atoms with Gasteiger partial charge in [-0.05, 0) is 68.9 Å². The number of likely N-dealkylation sites (N-methyl/N-ethyl adjacent to an activating group) is 1. The van der Waals surface area contributed by atoms with Crippen molar-refractivity contribution in [2.45, 2.75) is 25.3 Å². The molecule has 0 bridgehead atoms. The Bertz CT molecular complexity index is 889. The quantitative estimate of drug-likeness (QED) is 0.480. The van der Waals surface area contributed by atoms with E-state index in [1.165, 1.54) is 0 Å². The third-order valence-electron chi connectivity index (χ3n) is 5.30. The summed E-state index contributed by atoms with van der Waals surface area (Å²) in [6.45, 7) is 2.08. The van der Waals surface area contributed by atoms with E-state index in [4.69, 9.17) is 4.74 Å². The third kappa shape index (κ3) is 4.32. The molecular formula is C25H27NO2. The molecule has 0 aromatic heterocycles. The highest BCUT2D eigenvalue weighted by atomic mass is 16.5. The van der Waals surface area contributed by atoms with Crippen LogP contribution in [0.15, 0.2) is 84.9 Å². The van der Waals surface area contributed by atoms with E-state index in [1.807, 2.05) is 86.9 Å². The van der Waals surface area contributed by atoms with Crippen molar-refractivity contribution in [3.63, 3.8) is 0 Å². The average Bonchev–Trinajstić information content (AvgIpc) is 2.73. The normalized spacial score (nSPS) is 13.1. The first kappa shape index (κ1) is 19.8. The van der Waals surface area contributed by atoms with Crippen LogP contribution < -0.4 is 4.74 Å². The number of ether oxygens (including phenoxy) is 1. The van der Waals surface area contributed by atoms with Gasteiger partial charge >= 0.3 is 0 Å². The van der Waals surface area contributed by atoms with Gasteiger partial charge in [-0.3, -0.25) is 9.69 Å². The molecule has 0 spiro atoms. The Morgan fingerprint density at radius 1 is 0.821 bits per heavy atom. The van der Waals surface area contributed by atoms with Gasteiger partial charge in [-0.1, -0.05) is 55.5 Å². The van der Waals surface area contributed by atoms with Gasteiger partial charge in [-0.15, -0.1) is 0 Å². The summed E-state index contributed by atoms with van der Waals surface area (Å²) in [6, 6.07) is 27.3. The lowest BCUT2D eigenvalue weighted by Crippen LogP contribution is -2.52. The van der Waals surface area contributed by atoms with Crippen molar-refractivity contribution in [1.29, 1.82) is 0 Å². The average molecular weight is 373 g/mol. The Kier molecular flexibility index (Phi) is 6.27. The Morgan fingerprint density at radius 3 is 1.89 bits per heavy atom. The smallest absolute Gasteiger partial charge is 0.183 e. The highest BCUT2D eigenvalue weighted by Crippen LogP contribution is 2.29. The second-order valence-electron chi connectivity index (χ2n) is 7.21. The van der Waals surface area contributed by atoms with Crippen molar-refractivity contribution in [2.75, 3.05) is 14.1 Å². The van der Waals surface area contributed by atoms with Crippen molar-refractivity contribution in [3.8, 4) is 11.5 Å². The van der Waals surface area contributed by atoms with Gasteiger partial charge in [0.25, 0.3) is 0 Å². The Hall–Kier alpha value is -2.91. The van der Waals surface area contributed by atoms with Gasteiger partial charge in [-0.2, -0.15) is 0 Å². The first-order chi connectivity index (χ1) is 13.5. The minimum absolute atomic E-state index is 0.134. The molecule has 1 unspecified atom stereocenters. The van der Waals surface area contributed by atoms with E-state index in [-0.39, 0.29) is 5.78 Å². The van der Waals surface area contributed by atoms with Gasteiger partial charge in [0.1, 0.15) is 11.5 Å². The van der Waals surface area contributed by atoms with Crippen LogP contribution in [0.25, 0.3) is 0 Å². The summed E-state index contributed by atoms with van der Waals surface area (Å²) in [7, 11) is 3.97. The number of carbonyl (C=O) groups is 1. The topological polar surface area (TPSA) is 29.5 Å². The van der Waals surface area contributed by atoms with E-state index < -0.39 is 5.54 Å². The summed E-state index contributed by atoms with van der Waals surface area (Å²) in [6.07, 6.45) is 1.41. The highest BCUT2D eigenvalue weighted by Gasteiger charge is 2.39. The van der Waals surface area contributed by atoms with Crippen LogP contribution in [0.4, 0.5) is 0 Å². The van der Waals surface area contributed by atoms with E-state index in [9.17, 15) is 4.79 Å². The maximum atomic E-state index is 13.5. The first-order valence-corrected chi connectivity index (χ1v) is 9.64. The molecule has 144 valence electrons. The Morgan fingerprint density at radius 2 is 1.36 bits per heavy atom. The van der Waals surface area contributed by atoms with Crippen LogP contribution in [0.2, 0.25) is 0 Å². The van der Waals surface area contributed by atoms with Crippen LogP contribution >= 0.6 is 0 Å². The molecule has 0 radical (unpaired) electrons. The van der Waals surface area contributed by atoms with Gasteiger partial charge < -0.3 is 4.74 Å².